The van der Waals surface area contributed by atoms with Crippen LogP contribution in [0, 0.1) is 0 Å². The van der Waals surface area contributed by atoms with Gasteiger partial charge in [-0.1, -0.05) is 24.3 Å². The first-order chi connectivity index (χ1) is 10.3. The molecule has 0 bridgehead atoms. The third kappa shape index (κ3) is 3.32. The predicted octanol–water partition coefficient (Wildman–Crippen LogP) is 2.30. The Morgan fingerprint density at radius 2 is 2.05 bits per heavy atom. The molecule has 1 aliphatic rings. The fourth-order valence-electron chi connectivity index (χ4n) is 2.78. The largest absolute Gasteiger partial charge is 0.294 e. The van der Waals surface area contributed by atoms with Gasteiger partial charge in [0.15, 0.2) is 0 Å². The number of carbonyl (C=O) groups is 1. The van der Waals surface area contributed by atoms with Crippen LogP contribution in [0.15, 0.2) is 36.4 Å². The van der Waals surface area contributed by atoms with Crippen LogP contribution in [0.2, 0.25) is 0 Å². The van der Waals surface area contributed by atoms with Gasteiger partial charge in [0.1, 0.15) is 0 Å². The number of nitrogens with one attached hydrogen (secondary N) is 1. The van der Waals surface area contributed by atoms with Crippen molar-refractivity contribution < 1.29 is 4.79 Å². The molecule has 0 saturated heterocycles. The lowest BCUT2D eigenvalue weighted by Gasteiger charge is -2.19. The van der Waals surface area contributed by atoms with Gasteiger partial charge in [-0.05, 0) is 42.6 Å². The highest BCUT2D eigenvalue weighted by molar-refractivity contribution is 7.14. The standard InChI is InChI=1S/C16H19N3OS/c17-18-16(20)15-8-7-14(21-15)11-19-9-3-6-12-4-1-2-5-13(12)10-19/h1-2,4-5,7-8H,3,6,9-11,17H2,(H,18,20). The van der Waals surface area contributed by atoms with E-state index in [1.165, 1.54) is 33.8 Å². The summed E-state index contributed by atoms with van der Waals surface area (Å²) in [7, 11) is 0. The van der Waals surface area contributed by atoms with Gasteiger partial charge in [0.2, 0.25) is 0 Å². The second kappa shape index (κ2) is 6.39. The van der Waals surface area contributed by atoms with Crippen molar-refractivity contribution in [2.24, 2.45) is 5.84 Å². The van der Waals surface area contributed by atoms with Gasteiger partial charge in [0.25, 0.3) is 5.91 Å². The number of benzene rings is 1. The van der Waals surface area contributed by atoms with Crippen molar-refractivity contribution in [2.45, 2.75) is 25.9 Å². The molecule has 0 atom stereocenters. The number of hydrogen-bond donors (Lipinski definition) is 2. The molecule has 0 fully saturated rings. The number of aryl methyl sites for hydroxylation is 1. The molecule has 110 valence electrons. The lowest BCUT2D eigenvalue weighted by molar-refractivity contribution is 0.0957. The summed E-state index contributed by atoms with van der Waals surface area (Å²) in [6.45, 7) is 2.95. The number of carbonyl (C=O) groups excluding carboxylic acids is 1. The molecule has 21 heavy (non-hydrogen) atoms. The summed E-state index contributed by atoms with van der Waals surface area (Å²) in [5.41, 5.74) is 5.07. The van der Waals surface area contributed by atoms with Crippen LogP contribution in [0.1, 0.15) is 32.1 Å². The maximum atomic E-state index is 11.5. The molecule has 2 heterocycles. The highest BCUT2D eigenvalue weighted by Crippen LogP contribution is 2.23. The lowest BCUT2D eigenvalue weighted by Crippen LogP contribution is -2.29. The van der Waals surface area contributed by atoms with E-state index in [0.29, 0.717) is 4.88 Å². The smallest absolute Gasteiger partial charge is 0.275 e. The molecule has 3 rings (SSSR count). The van der Waals surface area contributed by atoms with Crippen molar-refractivity contribution in [3.63, 3.8) is 0 Å². The minimum Gasteiger partial charge on any atom is -0.294 e. The minimum atomic E-state index is -0.215. The first-order valence-corrected chi connectivity index (χ1v) is 7.96. The van der Waals surface area contributed by atoms with Crippen molar-refractivity contribution >= 4 is 17.2 Å². The average molecular weight is 301 g/mol. The van der Waals surface area contributed by atoms with E-state index in [9.17, 15) is 4.79 Å². The van der Waals surface area contributed by atoms with Gasteiger partial charge >= 0.3 is 0 Å². The molecule has 5 heteroatoms. The highest BCUT2D eigenvalue weighted by Gasteiger charge is 2.15. The summed E-state index contributed by atoms with van der Waals surface area (Å²) >= 11 is 1.51. The van der Waals surface area contributed by atoms with Gasteiger partial charge in [0.05, 0.1) is 4.88 Å². The van der Waals surface area contributed by atoms with Crippen LogP contribution < -0.4 is 11.3 Å². The van der Waals surface area contributed by atoms with E-state index < -0.39 is 0 Å². The van der Waals surface area contributed by atoms with Crippen LogP contribution in [0.3, 0.4) is 0 Å². The molecule has 1 aromatic heterocycles. The minimum absolute atomic E-state index is 0.215. The van der Waals surface area contributed by atoms with Crippen LogP contribution in [-0.2, 0) is 19.5 Å². The van der Waals surface area contributed by atoms with E-state index >= 15 is 0 Å². The number of thiophene rings is 1. The summed E-state index contributed by atoms with van der Waals surface area (Å²) in [6, 6.07) is 12.5. The maximum Gasteiger partial charge on any atom is 0.275 e. The van der Waals surface area contributed by atoms with Crippen molar-refractivity contribution in [1.29, 1.82) is 0 Å². The third-order valence-electron chi connectivity index (χ3n) is 3.83. The molecule has 3 N–H and O–H groups in total. The van der Waals surface area contributed by atoms with E-state index in [-0.39, 0.29) is 5.91 Å². The number of hydrazine groups is 1. The summed E-state index contributed by atoms with van der Waals surface area (Å²) in [5.74, 6) is 4.95. The zero-order valence-electron chi connectivity index (χ0n) is 11.8. The van der Waals surface area contributed by atoms with Crippen molar-refractivity contribution in [2.75, 3.05) is 6.54 Å². The number of nitrogen functional groups attached to an aromatic ring is 1. The first kappa shape index (κ1) is 14.3. The van der Waals surface area contributed by atoms with E-state index in [1.54, 1.807) is 0 Å². The quantitative estimate of drug-likeness (QED) is 0.519. The Labute approximate surface area is 128 Å². The van der Waals surface area contributed by atoms with Gasteiger partial charge in [0, 0.05) is 18.0 Å². The molecule has 0 saturated carbocycles. The molecule has 0 spiro atoms. The molecule has 1 aromatic carbocycles. The van der Waals surface area contributed by atoms with E-state index in [0.717, 1.165) is 26.1 Å². The van der Waals surface area contributed by atoms with Crippen LogP contribution >= 0.6 is 11.3 Å². The first-order valence-electron chi connectivity index (χ1n) is 7.15. The summed E-state index contributed by atoms with van der Waals surface area (Å²) < 4.78 is 0. The Morgan fingerprint density at radius 3 is 2.86 bits per heavy atom. The molecular formula is C16H19N3OS. The Hall–Kier alpha value is -1.69. The molecule has 1 aliphatic heterocycles. The Morgan fingerprint density at radius 1 is 1.24 bits per heavy atom. The fourth-order valence-corrected chi connectivity index (χ4v) is 3.73. The number of nitrogens with zero attached hydrogens (tertiary/aromatic N) is 1. The Bertz CT molecular complexity index is 638. The van der Waals surface area contributed by atoms with E-state index in [1.807, 2.05) is 12.1 Å². The van der Waals surface area contributed by atoms with E-state index in [4.69, 9.17) is 5.84 Å². The lowest BCUT2D eigenvalue weighted by atomic mass is 10.0. The van der Waals surface area contributed by atoms with Gasteiger partial charge in [-0.3, -0.25) is 15.1 Å². The van der Waals surface area contributed by atoms with Gasteiger partial charge in [-0.15, -0.1) is 11.3 Å². The van der Waals surface area contributed by atoms with Gasteiger partial charge < -0.3 is 0 Å². The zero-order chi connectivity index (χ0) is 14.7. The maximum absolute atomic E-state index is 11.5. The van der Waals surface area contributed by atoms with Crippen LogP contribution in [0.4, 0.5) is 0 Å². The summed E-state index contributed by atoms with van der Waals surface area (Å²) in [6.07, 6.45) is 2.33. The average Bonchev–Trinajstić information content (AvgIpc) is 2.86. The Balaban J connectivity index is 1.70. The number of hydrogen-bond acceptors (Lipinski definition) is 4. The van der Waals surface area contributed by atoms with Crippen molar-refractivity contribution in [3.05, 3.63) is 57.3 Å². The number of rotatable bonds is 3. The molecule has 2 aromatic rings. The summed E-state index contributed by atoms with van der Waals surface area (Å²) in [4.78, 5) is 15.8. The fraction of sp³-hybridized carbons (Fsp3) is 0.312. The molecule has 0 unspecified atom stereocenters. The second-order valence-corrected chi connectivity index (χ2v) is 6.49. The highest BCUT2D eigenvalue weighted by atomic mass is 32.1. The molecular weight excluding hydrogens is 282 g/mol. The Kier molecular flexibility index (Phi) is 4.34. The van der Waals surface area contributed by atoms with Crippen molar-refractivity contribution in [3.8, 4) is 0 Å². The van der Waals surface area contributed by atoms with Crippen molar-refractivity contribution in [1.82, 2.24) is 10.3 Å². The molecule has 0 aliphatic carbocycles. The molecule has 0 radical (unpaired) electrons. The number of amides is 1. The number of fused-ring (bicyclic) bond motifs is 1. The van der Waals surface area contributed by atoms with Gasteiger partial charge in [-0.25, -0.2) is 5.84 Å². The predicted molar refractivity (Wildman–Crippen MR) is 84.8 cm³/mol. The van der Waals surface area contributed by atoms with Gasteiger partial charge in [-0.2, -0.15) is 0 Å². The topological polar surface area (TPSA) is 58.4 Å². The second-order valence-electron chi connectivity index (χ2n) is 5.32. The SMILES string of the molecule is NNC(=O)c1ccc(CN2CCCc3ccccc3C2)s1. The molecule has 4 nitrogen and oxygen atoms in total. The van der Waals surface area contributed by atoms with Crippen LogP contribution in [0.5, 0.6) is 0 Å². The summed E-state index contributed by atoms with van der Waals surface area (Å²) in [5, 5.41) is 0. The number of nitrogens with two attached hydrogens (primary N) is 1. The third-order valence-corrected chi connectivity index (χ3v) is 4.90. The molecule has 1 amide bonds. The van der Waals surface area contributed by atoms with Crippen LogP contribution in [-0.4, -0.2) is 17.4 Å². The monoisotopic (exact) mass is 301 g/mol. The normalized spacial score (nSPS) is 15.3. The van der Waals surface area contributed by atoms with Crippen LogP contribution in [0.25, 0.3) is 0 Å². The van der Waals surface area contributed by atoms with E-state index in [2.05, 4.69) is 34.6 Å². The zero-order valence-corrected chi connectivity index (χ0v) is 12.7.